The number of sulfonamides is 1. The first-order chi connectivity index (χ1) is 15.3. The number of anilines is 1. The number of benzene rings is 2. The molecule has 172 valence electrons. The first-order valence-electron chi connectivity index (χ1n) is 9.76. The maximum absolute atomic E-state index is 13.1. The first-order valence-corrected chi connectivity index (χ1v) is 11.2. The van der Waals surface area contributed by atoms with E-state index in [2.05, 4.69) is 10.6 Å². The number of nitrogens with one attached hydrogen (secondary N) is 2. The maximum atomic E-state index is 13.1. The van der Waals surface area contributed by atoms with Gasteiger partial charge in [-0.1, -0.05) is 18.2 Å². The summed E-state index contributed by atoms with van der Waals surface area (Å²) in [5.41, 5.74) is 0.346. The Morgan fingerprint density at radius 2 is 1.72 bits per heavy atom. The number of carbonyl (C=O) groups is 2. The van der Waals surface area contributed by atoms with Gasteiger partial charge in [-0.3, -0.25) is 9.59 Å². The van der Waals surface area contributed by atoms with Gasteiger partial charge >= 0.3 is 0 Å². The number of hydrogen-bond donors (Lipinski definition) is 2. The second-order valence-corrected chi connectivity index (χ2v) is 8.79. The quantitative estimate of drug-likeness (QED) is 0.604. The third kappa shape index (κ3) is 4.78. The normalized spacial score (nSPS) is 16.7. The highest BCUT2D eigenvalue weighted by Gasteiger charge is 2.39. The molecular weight excluding hydrogens is 438 g/mol. The zero-order valence-electron chi connectivity index (χ0n) is 18.0. The molecule has 1 fully saturated rings. The van der Waals surface area contributed by atoms with Crippen molar-refractivity contribution in [1.29, 1.82) is 0 Å². The summed E-state index contributed by atoms with van der Waals surface area (Å²) in [6.07, 6.45) is -0.367. The SMILES string of the molecule is COc1cc(NC(=O)C[C@@H]2C(=O)NCCN2S(=O)(=O)c2ccccc2)cc(OC)c1OC. The van der Waals surface area contributed by atoms with Crippen molar-refractivity contribution in [2.75, 3.05) is 39.7 Å². The van der Waals surface area contributed by atoms with Gasteiger partial charge in [0, 0.05) is 30.9 Å². The Balaban J connectivity index is 1.83. The molecule has 11 heteroatoms. The molecule has 0 aliphatic carbocycles. The lowest BCUT2D eigenvalue weighted by molar-refractivity contribution is -0.130. The van der Waals surface area contributed by atoms with E-state index in [1.807, 2.05) is 0 Å². The van der Waals surface area contributed by atoms with Gasteiger partial charge < -0.3 is 24.8 Å². The summed E-state index contributed by atoms with van der Waals surface area (Å²) in [6, 6.07) is 9.70. The molecule has 2 amide bonds. The van der Waals surface area contributed by atoms with Crippen molar-refractivity contribution in [2.45, 2.75) is 17.4 Å². The molecule has 1 saturated heterocycles. The molecule has 10 nitrogen and oxygen atoms in total. The highest BCUT2D eigenvalue weighted by molar-refractivity contribution is 7.89. The third-order valence-corrected chi connectivity index (χ3v) is 6.88. The van der Waals surface area contributed by atoms with Crippen molar-refractivity contribution in [1.82, 2.24) is 9.62 Å². The summed E-state index contributed by atoms with van der Waals surface area (Å²) in [5.74, 6) is -0.0400. The van der Waals surface area contributed by atoms with Crippen LogP contribution < -0.4 is 24.8 Å². The van der Waals surface area contributed by atoms with Crippen LogP contribution in [0.1, 0.15) is 6.42 Å². The molecule has 0 bridgehead atoms. The van der Waals surface area contributed by atoms with Crippen LogP contribution in [0, 0.1) is 0 Å². The van der Waals surface area contributed by atoms with Crippen LogP contribution in [0.25, 0.3) is 0 Å². The molecule has 1 aliphatic heterocycles. The van der Waals surface area contributed by atoms with E-state index in [9.17, 15) is 18.0 Å². The van der Waals surface area contributed by atoms with E-state index >= 15 is 0 Å². The lowest BCUT2D eigenvalue weighted by Crippen LogP contribution is -2.57. The Labute approximate surface area is 186 Å². The molecule has 0 spiro atoms. The molecule has 3 rings (SSSR count). The molecule has 1 atom stereocenters. The van der Waals surface area contributed by atoms with E-state index in [0.29, 0.717) is 22.9 Å². The molecule has 2 aromatic rings. The van der Waals surface area contributed by atoms with Crippen LogP contribution in [-0.4, -0.2) is 65.0 Å². The Hall–Kier alpha value is -3.31. The van der Waals surface area contributed by atoms with Gasteiger partial charge in [0.15, 0.2) is 11.5 Å². The fourth-order valence-corrected chi connectivity index (χ4v) is 5.05. The molecule has 0 radical (unpaired) electrons. The largest absolute Gasteiger partial charge is 0.493 e. The predicted octanol–water partition coefficient (Wildman–Crippen LogP) is 1.23. The third-order valence-electron chi connectivity index (χ3n) is 4.96. The van der Waals surface area contributed by atoms with Crippen LogP contribution in [0.4, 0.5) is 5.69 Å². The van der Waals surface area contributed by atoms with Crippen LogP contribution in [0.2, 0.25) is 0 Å². The number of amides is 2. The Bertz CT molecular complexity index is 1060. The second-order valence-electron chi connectivity index (χ2n) is 6.90. The van der Waals surface area contributed by atoms with Gasteiger partial charge in [0.2, 0.25) is 27.6 Å². The van der Waals surface area contributed by atoms with Crippen LogP contribution in [0.15, 0.2) is 47.4 Å². The van der Waals surface area contributed by atoms with E-state index in [1.54, 1.807) is 30.3 Å². The van der Waals surface area contributed by atoms with Gasteiger partial charge in [0.1, 0.15) is 6.04 Å². The Kier molecular flexibility index (Phi) is 7.21. The lowest BCUT2D eigenvalue weighted by Gasteiger charge is -2.33. The number of piperazine rings is 1. The van der Waals surface area contributed by atoms with Crippen molar-refractivity contribution in [3.63, 3.8) is 0 Å². The molecule has 0 saturated carbocycles. The minimum atomic E-state index is -3.96. The Morgan fingerprint density at radius 3 is 2.28 bits per heavy atom. The smallest absolute Gasteiger partial charge is 0.243 e. The summed E-state index contributed by atoms with van der Waals surface area (Å²) in [5, 5.41) is 5.29. The second kappa shape index (κ2) is 9.88. The fourth-order valence-electron chi connectivity index (χ4n) is 3.44. The number of ether oxygens (including phenoxy) is 3. The van der Waals surface area contributed by atoms with Crippen molar-refractivity contribution >= 4 is 27.5 Å². The summed E-state index contributed by atoms with van der Waals surface area (Å²) >= 11 is 0. The predicted molar refractivity (Wildman–Crippen MR) is 116 cm³/mol. The van der Waals surface area contributed by atoms with E-state index in [-0.39, 0.29) is 24.4 Å². The van der Waals surface area contributed by atoms with E-state index in [4.69, 9.17) is 14.2 Å². The number of nitrogens with zero attached hydrogens (tertiary/aromatic N) is 1. The highest BCUT2D eigenvalue weighted by atomic mass is 32.2. The van der Waals surface area contributed by atoms with Gasteiger partial charge in [-0.15, -0.1) is 0 Å². The van der Waals surface area contributed by atoms with Gasteiger partial charge in [0.05, 0.1) is 32.6 Å². The standard InChI is InChI=1S/C21H25N3O7S/c1-29-17-11-14(12-18(30-2)20(17)31-3)23-19(25)13-16-21(26)22-9-10-24(16)32(27,28)15-7-5-4-6-8-15/h4-8,11-12,16H,9-10,13H2,1-3H3,(H,22,26)(H,23,25)/t16-/m1/s1. The topological polar surface area (TPSA) is 123 Å². The van der Waals surface area contributed by atoms with Crippen molar-refractivity contribution in [3.8, 4) is 17.2 Å². The summed E-state index contributed by atoms with van der Waals surface area (Å²) in [4.78, 5) is 25.3. The molecule has 32 heavy (non-hydrogen) atoms. The average Bonchev–Trinajstić information content (AvgIpc) is 2.80. The van der Waals surface area contributed by atoms with Gasteiger partial charge in [-0.25, -0.2) is 8.42 Å². The Morgan fingerprint density at radius 1 is 1.09 bits per heavy atom. The minimum Gasteiger partial charge on any atom is -0.493 e. The zero-order chi connectivity index (χ0) is 23.3. The molecular formula is C21H25N3O7S. The van der Waals surface area contributed by atoms with Gasteiger partial charge in [0.25, 0.3) is 0 Å². The van der Waals surface area contributed by atoms with Gasteiger partial charge in [-0.05, 0) is 12.1 Å². The molecule has 1 aliphatic rings. The molecule has 2 aromatic carbocycles. The molecule has 1 heterocycles. The average molecular weight is 464 g/mol. The minimum absolute atomic E-state index is 0.0599. The number of rotatable bonds is 8. The maximum Gasteiger partial charge on any atom is 0.243 e. The first kappa shape index (κ1) is 23.4. The van der Waals surface area contributed by atoms with Crippen LogP contribution in [-0.2, 0) is 19.6 Å². The lowest BCUT2D eigenvalue weighted by atomic mass is 10.1. The van der Waals surface area contributed by atoms with Crippen molar-refractivity contribution in [2.24, 2.45) is 0 Å². The molecule has 0 unspecified atom stereocenters. The van der Waals surface area contributed by atoms with Gasteiger partial charge in [-0.2, -0.15) is 4.31 Å². The van der Waals surface area contributed by atoms with E-state index in [1.165, 1.54) is 33.5 Å². The van der Waals surface area contributed by atoms with E-state index in [0.717, 1.165) is 4.31 Å². The fraction of sp³-hybridized carbons (Fsp3) is 0.333. The number of methoxy groups -OCH3 is 3. The highest BCUT2D eigenvalue weighted by Crippen LogP contribution is 2.40. The van der Waals surface area contributed by atoms with Crippen LogP contribution in [0.5, 0.6) is 17.2 Å². The monoisotopic (exact) mass is 463 g/mol. The van der Waals surface area contributed by atoms with Crippen LogP contribution in [0.3, 0.4) is 0 Å². The number of carbonyl (C=O) groups excluding carboxylic acids is 2. The molecule has 0 aromatic heterocycles. The summed E-state index contributed by atoms with van der Waals surface area (Å²) in [7, 11) is 0.395. The number of hydrogen-bond acceptors (Lipinski definition) is 7. The summed E-state index contributed by atoms with van der Waals surface area (Å²) in [6.45, 7) is 0.223. The molecule has 2 N–H and O–H groups in total. The zero-order valence-corrected chi connectivity index (χ0v) is 18.8. The van der Waals surface area contributed by atoms with Crippen LogP contribution >= 0.6 is 0 Å². The summed E-state index contributed by atoms with van der Waals surface area (Å²) < 4.78 is 43.0. The van der Waals surface area contributed by atoms with Crippen molar-refractivity contribution in [3.05, 3.63) is 42.5 Å². The van der Waals surface area contributed by atoms with E-state index < -0.39 is 27.9 Å². The van der Waals surface area contributed by atoms with Crippen molar-refractivity contribution < 1.29 is 32.2 Å².